The maximum absolute atomic E-state index is 11.0. The Morgan fingerprint density at radius 3 is 2.52 bits per heavy atom. The molecular weight excluding hydrogens is 304 g/mol. The molecule has 0 radical (unpaired) electrons. The zero-order valence-corrected chi connectivity index (χ0v) is 12.2. The van der Waals surface area contributed by atoms with Gasteiger partial charge in [0.1, 0.15) is 12.7 Å². The first-order valence-electron chi connectivity index (χ1n) is 6.68. The second-order valence-corrected chi connectivity index (χ2v) is 4.91. The van der Waals surface area contributed by atoms with Gasteiger partial charge in [-0.1, -0.05) is 18.2 Å². The van der Waals surface area contributed by atoms with E-state index in [0.717, 1.165) is 5.56 Å². The van der Waals surface area contributed by atoms with Crippen LogP contribution in [-0.2, 0) is 0 Å². The van der Waals surface area contributed by atoms with Crippen molar-refractivity contribution >= 4 is 11.4 Å². The van der Waals surface area contributed by atoms with Gasteiger partial charge in [-0.05, 0) is 24.1 Å². The van der Waals surface area contributed by atoms with Gasteiger partial charge in [0, 0.05) is 18.2 Å². The monoisotopic (exact) mass is 318 g/mol. The first kappa shape index (κ1) is 16.4. The van der Waals surface area contributed by atoms with Gasteiger partial charge >= 0.3 is 5.69 Å². The number of hydrogen-bond donors (Lipinski definition) is 1. The van der Waals surface area contributed by atoms with Crippen LogP contribution < -0.4 is 4.74 Å². The summed E-state index contributed by atoms with van der Waals surface area (Å²) in [4.78, 5) is 20.5. The third kappa shape index (κ3) is 4.01. The Morgan fingerprint density at radius 1 is 1.13 bits per heavy atom. The molecule has 8 heteroatoms. The fourth-order valence-corrected chi connectivity index (χ4v) is 2.00. The molecule has 0 spiro atoms. The molecule has 2 aromatic carbocycles. The van der Waals surface area contributed by atoms with Gasteiger partial charge in [0.05, 0.1) is 9.85 Å². The van der Waals surface area contributed by atoms with Gasteiger partial charge < -0.3 is 9.84 Å². The van der Waals surface area contributed by atoms with Crippen LogP contribution in [0.5, 0.6) is 5.75 Å². The first-order chi connectivity index (χ1) is 10.9. The quantitative estimate of drug-likeness (QED) is 0.646. The molecule has 0 bridgehead atoms. The molecule has 0 saturated carbocycles. The Balaban J connectivity index is 2.15. The van der Waals surface area contributed by atoms with Gasteiger partial charge in [-0.3, -0.25) is 20.2 Å². The molecule has 120 valence electrons. The van der Waals surface area contributed by atoms with Gasteiger partial charge in [0.2, 0.25) is 0 Å². The predicted octanol–water partition coefficient (Wildman–Crippen LogP) is 2.92. The van der Waals surface area contributed by atoms with Crippen molar-refractivity contribution < 1.29 is 19.7 Å². The third-order valence-corrected chi connectivity index (χ3v) is 3.17. The van der Waals surface area contributed by atoms with E-state index in [1.807, 2.05) is 0 Å². The minimum absolute atomic E-state index is 0.0412. The summed E-state index contributed by atoms with van der Waals surface area (Å²) < 4.78 is 5.33. The summed E-state index contributed by atoms with van der Waals surface area (Å²) in [6, 6.07) is 9.92. The van der Waals surface area contributed by atoms with Gasteiger partial charge in [-0.25, -0.2) is 0 Å². The molecule has 23 heavy (non-hydrogen) atoms. The summed E-state index contributed by atoms with van der Waals surface area (Å²) in [5.74, 6) is 0.0412. The van der Waals surface area contributed by atoms with Crippen molar-refractivity contribution in [1.29, 1.82) is 0 Å². The number of aliphatic hydroxyl groups excluding tert-OH is 1. The largest absolute Gasteiger partial charge is 0.484 e. The van der Waals surface area contributed by atoms with E-state index in [1.54, 1.807) is 13.0 Å². The van der Waals surface area contributed by atoms with Gasteiger partial charge in [0.15, 0.2) is 5.75 Å². The van der Waals surface area contributed by atoms with E-state index in [4.69, 9.17) is 4.74 Å². The maximum Gasteiger partial charge on any atom is 0.310 e. The predicted molar refractivity (Wildman–Crippen MR) is 81.4 cm³/mol. The number of aliphatic hydroxyl groups is 1. The SMILES string of the molecule is Cc1ccc([N+](=O)[O-])c(OCC(O)c2cccc([N+](=O)[O-])c2)c1. The Labute approximate surface area is 131 Å². The fraction of sp³-hybridized carbons (Fsp3) is 0.200. The molecule has 0 aromatic heterocycles. The summed E-state index contributed by atoms with van der Waals surface area (Å²) in [5, 5.41) is 31.8. The van der Waals surface area contributed by atoms with Crippen molar-refractivity contribution in [3.63, 3.8) is 0 Å². The van der Waals surface area contributed by atoms with Gasteiger partial charge in [-0.2, -0.15) is 0 Å². The van der Waals surface area contributed by atoms with Crippen LogP contribution in [0, 0.1) is 27.2 Å². The topological polar surface area (TPSA) is 116 Å². The highest BCUT2D eigenvalue weighted by molar-refractivity contribution is 5.48. The average Bonchev–Trinajstić information content (AvgIpc) is 2.52. The highest BCUT2D eigenvalue weighted by Gasteiger charge is 2.18. The third-order valence-electron chi connectivity index (χ3n) is 3.17. The number of rotatable bonds is 6. The molecule has 1 N–H and O–H groups in total. The smallest absolute Gasteiger partial charge is 0.310 e. The molecule has 1 atom stereocenters. The highest BCUT2D eigenvalue weighted by Crippen LogP contribution is 2.29. The van der Waals surface area contributed by atoms with Crippen molar-refractivity contribution in [2.45, 2.75) is 13.0 Å². The molecular formula is C15H14N2O6. The van der Waals surface area contributed by atoms with E-state index in [2.05, 4.69) is 0 Å². The molecule has 0 aliphatic carbocycles. The standard InChI is InChI=1S/C15H14N2O6/c1-10-5-6-13(17(21)22)15(7-10)23-9-14(18)11-3-2-4-12(8-11)16(19)20/h2-8,14,18H,9H2,1H3. The average molecular weight is 318 g/mol. The molecule has 0 fully saturated rings. The molecule has 1 unspecified atom stereocenters. The van der Waals surface area contributed by atoms with Crippen molar-refractivity contribution in [3.8, 4) is 5.75 Å². The fourth-order valence-electron chi connectivity index (χ4n) is 2.00. The van der Waals surface area contributed by atoms with E-state index in [-0.39, 0.29) is 23.7 Å². The van der Waals surface area contributed by atoms with Crippen LogP contribution in [-0.4, -0.2) is 21.6 Å². The van der Waals surface area contributed by atoms with Crippen LogP contribution in [0.1, 0.15) is 17.2 Å². The molecule has 0 aliphatic heterocycles. The van der Waals surface area contributed by atoms with E-state index in [9.17, 15) is 25.3 Å². The number of hydrogen-bond acceptors (Lipinski definition) is 6. The van der Waals surface area contributed by atoms with Crippen molar-refractivity contribution in [1.82, 2.24) is 0 Å². The summed E-state index contributed by atoms with van der Waals surface area (Å²) in [5.41, 5.74) is 0.717. The van der Waals surface area contributed by atoms with Crippen molar-refractivity contribution in [3.05, 3.63) is 73.8 Å². The Bertz CT molecular complexity index is 746. The van der Waals surface area contributed by atoms with Crippen LogP contribution in [0.2, 0.25) is 0 Å². The number of nitro groups is 2. The van der Waals surface area contributed by atoms with E-state index in [0.29, 0.717) is 5.56 Å². The summed E-state index contributed by atoms with van der Waals surface area (Å²) >= 11 is 0. The number of benzene rings is 2. The molecule has 0 saturated heterocycles. The molecule has 0 amide bonds. The second-order valence-electron chi connectivity index (χ2n) is 4.91. The molecule has 2 aromatic rings. The first-order valence-corrected chi connectivity index (χ1v) is 6.68. The van der Waals surface area contributed by atoms with Crippen LogP contribution in [0.15, 0.2) is 42.5 Å². The maximum atomic E-state index is 11.0. The van der Waals surface area contributed by atoms with Crippen LogP contribution in [0.3, 0.4) is 0 Å². The minimum atomic E-state index is -1.14. The Morgan fingerprint density at radius 2 is 1.87 bits per heavy atom. The van der Waals surface area contributed by atoms with Crippen LogP contribution in [0.4, 0.5) is 11.4 Å². The molecule has 8 nitrogen and oxygen atoms in total. The summed E-state index contributed by atoms with van der Waals surface area (Å²) in [6.45, 7) is 1.50. The Hall–Kier alpha value is -3.00. The Kier molecular flexibility index (Phi) is 4.87. The second kappa shape index (κ2) is 6.84. The molecule has 0 heterocycles. The minimum Gasteiger partial charge on any atom is -0.484 e. The molecule has 2 rings (SSSR count). The van der Waals surface area contributed by atoms with E-state index < -0.39 is 16.0 Å². The lowest BCUT2D eigenvalue weighted by atomic mass is 10.1. The van der Waals surface area contributed by atoms with Crippen LogP contribution >= 0.6 is 0 Å². The number of nitro benzene ring substituents is 2. The lowest BCUT2D eigenvalue weighted by Crippen LogP contribution is -2.11. The number of ether oxygens (including phenoxy) is 1. The zero-order chi connectivity index (χ0) is 17.0. The lowest BCUT2D eigenvalue weighted by molar-refractivity contribution is -0.386. The number of non-ortho nitro benzene ring substituents is 1. The van der Waals surface area contributed by atoms with Crippen molar-refractivity contribution in [2.75, 3.05) is 6.61 Å². The van der Waals surface area contributed by atoms with Crippen molar-refractivity contribution in [2.24, 2.45) is 0 Å². The van der Waals surface area contributed by atoms with E-state index in [1.165, 1.54) is 36.4 Å². The van der Waals surface area contributed by atoms with E-state index >= 15 is 0 Å². The lowest BCUT2D eigenvalue weighted by Gasteiger charge is -2.13. The normalized spacial score (nSPS) is 11.7. The van der Waals surface area contributed by atoms with Gasteiger partial charge in [0.25, 0.3) is 5.69 Å². The summed E-state index contributed by atoms with van der Waals surface area (Å²) in [7, 11) is 0. The molecule has 0 aliphatic rings. The van der Waals surface area contributed by atoms with Crippen LogP contribution in [0.25, 0.3) is 0 Å². The van der Waals surface area contributed by atoms with Gasteiger partial charge in [-0.15, -0.1) is 0 Å². The summed E-state index contributed by atoms with van der Waals surface area (Å²) in [6.07, 6.45) is -1.14. The highest BCUT2D eigenvalue weighted by atomic mass is 16.6. The number of nitrogens with zero attached hydrogens (tertiary/aromatic N) is 2. The number of aryl methyl sites for hydroxylation is 1. The zero-order valence-electron chi connectivity index (χ0n) is 12.2.